The standard InChI is InChI=1S/C6H6N2S2/c1-4-7-6-5(10-8-4)2-3-9-6/h2-3H,1H3,(H,7,8). The summed E-state index contributed by atoms with van der Waals surface area (Å²) in [6.45, 7) is 1.97. The first kappa shape index (κ1) is 6.24. The first-order valence-corrected chi connectivity index (χ1v) is 4.61. The van der Waals surface area contributed by atoms with Crippen molar-refractivity contribution in [3.05, 3.63) is 11.4 Å². The fourth-order valence-electron chi connectivity index (χ4n) is 0.753. The Bertz CT molecular complexity index is 277. The molecule has 0 amide bonds. The number of thiophene rings is 1. The minimum absolute atomic E-state index is 0.986. The Balaban J connectivity index is 2.50. The highest BCUT2D eigenvalue weighted by Crippen LogP contribution is 2.35. The first-order valence-electron chi connectivity index (χ1n) is 2.92. The van der Waals surface area contributed by atoms with E-state index in [-0.39, 0.29) is 0 Å². The van der Waals surface area contributed by atoms with E-state index in [9.17, 15) is 0 Å². The highest BCUT2D eigenvalue weighted by atomic mass is 32.2. The zero-order chi connectivity index (χ0) is 6.97. The van der Waals surface area contributed by atoms with Gasteiger partial charge in [-0.2, -0.15) is 0 Å². The second-order valence-electron chi connectivity index (χ2n) is 1.99. The molecule has 1 aliphatic rings. The van der Waals surface area contributed by atoms with Crippen molar-refractivity contribution in [2.45, 2.75) is 11.8 Å². The van der Waals surface area contributed by atoms with Gasteiger partial charge >= 0.3 is 0 Å². The van der Waals surface area contributed by atoms with Gasteiger partial charge < -0.3 is 4.72 Å². The zero-order valence-electron chi connectivity index (χ0n) is 5.42. The quantitative estimate of drug-likeness (QED) is 0.605. The van der Waals surface area contributed by atoms with Gasteiger partial charge in [0.1, 0.15) is 10.8 Å². The molecular formula is C6H6N2S2. The predicted molar refractivity (Wildman–Crippen MR) is 46.1 cm³/mol. The second-order valence-corrected chi connectivity index (χ2v) is 3.73. The van der Waals surface area contributed by atoms with Gasteiger partial charge in [-0.1, -0.05) is 0 Å². The van der Waals surface area contributed by atoms with Crippen LogP contribution in [0.4, 0.5) is 5.00 Å². The van der Waals surface area contributed by atoms with Gasteiger partial charge in [0.25, 0.3) is 0 Å². The molecule has 0 atom stereocenters. The van der Waals surface area contributed by atoms with Gasteiger partial charge in [0.15, 0.2) is 0 Å². The predicted octanol–water partition coefficient (Wildman–Crippen LogP) is 2.41. The smallest absolute Gasteiger partial charge is 0.133 e. The number of aliphatic imine (C=N–C) groups is 1. The minimum Gasteiger partial charge on any atom is -0.314 e. The number of nitrogens with zero attached hydrogens (tertiary/aromatic N) is 1. The molecule has 0 spiro atoms. The van der Waals surface area contributed by atoms with E-state index in [0.29, 0.717) is 0 Å². The van der Waals surface area contributed by atoms with Crippen LogP contribution in [0.15, 0.2) is 21.3 Å². The van der Waals surface area contributed by atoms with Gasteiger partial charge in [-0.15, -0.1) is 11.3 Å². The number of fused-ring (bicyclic) bond motifs is 1. The molecular weight excluding hydrogens is 164 g/mol. The van der Waals surface area contributed by atoms with E-state index in [1.165, 1.54) is 4.90 Å². The van der Waals surface area contributed by atoms with Gasteiger partial charge in [-0.3, -0.25) is 0 Å². The summed E-state index contributed by atoms with van der Waals surface area (Å²) in [6.07, 6.45) is 0. The summed E-state index contributed by atoms with van der Waals surface area (Å²) in [4.78, 5) is 5.54. The molecule has 0 radical (unpaired) electrons. The molecule has 2 heterocycles. The van der Waals surface area contributed by atoms with Crippen LogP contribution in [-0.2, 0) is 0 Å². The van der Waals surface area contributed by atoms with Crippen molar-refractivity contribution in [1.82, 2.24) is 4.72 Å². The second kappa shape index (κ2) is 2.29. The van der Waals surface area contributed by atoms with E-state index in [2.05, 4.69) is 21.2 Å². The van der Waals surface area contributed by atoms with Crippen molar-refractivity contribution in [1.29, 1.82) is 0 Å². The first-order chi connectivity index (χ1) is 4.86. The van der Waals surface area contributed by atoms with Gasteiger partial charge in [0, 0.05) is 0 Å². The lowest BCUT2D eigenvalue weighted by Crippen LogP contribution is -2.12. The highest BCUT2D eigenvalue weighted by Gasteiger charge is 2.08. The van der Waals surface area contributed by atoms with Crippen LogP contribution in [0.2, 0.25) is 0 Å². The average molecular weight is 170 g/mol. The minimum atomic E-state index is 0.986. The lowest BCUT2D eigenvalue weighted by atomic mass is 10.6. The number of rotatable bonds is 0. The molecule has 4 heteroatoms. The maximum Gasteiger partial charge on any atom is 0.133 e. The SMILES string of the molecule is CC1=Nc2sccc2SN1. The third kappa shape index (κ3) is 0.932. The Labute approximate surface area is 67.5 Å². The lowest BCUT2D eigenvalue weighted by molar-refractivity contribution is 1.32. The van der Waals surface area contributed by atoms with E-state index in [4.69, 9.17) is 0 Å². The molecule has 0 bridgehead atoms. The zero-order valence-corrected chi connectivity index (χ0v) is 7.05. The van der Waals surface area contributed by atoms with Crippen molar-refractivity contribution < 1.29 is 0 Å². The molecule has 0 aromatic carbocycles. The van der Waals surface area contributed by atoms with Crippen LogP contribution < -0.4 is 4.72 Å². The number of hydrogen-bond acceptors (Lipinski definition) is 4. The molecule has 0 saturated carbocycles. The average Bonchev–Trinajstić information content (AvgIpc) is 2.33. The van der Waals surface area contributed by atoms with Crippen LogP contribution in [0, 0.1) is 0 Å². The van der Waals surface area contributed by atoms with Gasteiger partial charge in [0.05, 0.1) is 4.90 Å². The molecule has 0 saturated heterocycles. The molecule has 52 valence electrons. The Morgan fingerprint density at radius 2 is 2.50 bits per heavy atom. The van der Waals surface area contributed by atoms with E-state index < -0.39 is 0 Å². The summed E-state index contributed by atoms with van der Waals surface area (Å²) >= 11 is 3.31. The maximum absolute atomic E-state index is 4.31. The highest BCUT2D eigenvalue weighted by molar-refractivity contribution is 7.98. The van der Waals surface area contributed by atoms with Crippen molar-refractivity contribution in [3.63, 3.8) is 0 Å². The van der Waals surface area contributed by atoms with Crippen molar-refractivity contribution >= 4 is 34.1 Å². The van der Waals surface area contributed by atoms with Crippen molar-refractivity contribution in [3.8, 4) is 0 Å². The van der Waals surface area contributed by atoms with E-state index in [1.807, 2.05) is 6.92 Å². The van der Waals surface area contributed by atoms with Crippen LogP contribution >= 0.6 is 23.3 Å². The summed E-state index contributed by atoms with van der Waals surface area (Å²) in [5.74, 6) is 0.986. The molecule has 0 fully saturated rings. The summed E-state index contributed by atoms with van der Waals surface area (Å²) in [6, 6.07) is 2.08. The van der Waals surface area contributed by atoms with Gasteiger partial charge in [-0.25, -0.2) is 4.99 Å². The fraction of sp³-hybridized carbons (Fsp3) is 0.167. The third-order valence-corrected chi connectivity index (χ3v) is 3.07. The number of nitrogens with one attached hydrogen (secondary N) is 1. The Hall–Kier alpha value is -0.480. The molecule has 1 aromatic rings. The van der Waals surface area contributed by atoms with E-state index >= 15 is 0 Å². The monoisotopic (exact) mass is 170 g/mol. The number of hydrogen-bond donors (Lipinski definition) is 1. The third-order valence-electron chi connectivity index (χ3n) is 1.19. The summed E-state index contributed by atoms with van der Waals surface area (Å²) in [5.41, 5.74) is 0. The molecule has 10 heavy (non-hydrogen) atoms. The van der Waals surface area contributed by atoms with Crippen molar-refractivity contribution in [2.24, 2.45) is 4.99 Å². The van der Waals surface area contributed by atoms with Gasteiger partial charge in [-0.05, 0) is 30.3 Å². The summed E-state index contributed by atoms with van der Waals surface area (Å²) in [7, 11) is 0. The number of amidine groups is 1. The van der Waals surface area contributed by atoms with Crippen molar-refractivity contribution in [2.75, 3.05) is 0 Å². The molecule has 1 N–H and O–H groups in total. The Morgan fingerprint density at radius 3 is 3.40 bits per heavy atom. The topological polar surface area (TPSA) is 24.4 Å². The lowest BCUT2D eigenvalue weighted by Gasteiger charge is -2.08. The Kier molecular flexibility index (Phi) is 1.43. The molecule has 1 aromatic heterocycles. The van der Waals surface area contributed by atoms with Crippen LogP contribution in [0.25, 0.3) is 0 Å². The van der Waals surface area contributed by atoms with Crippen LogP contribution in [-0.4, -0.2) is 5.84 Å². The summed E-state index contributed by atoms with van der Waals surface area (Å²) < 4.78 is 3.10. The van der Waals surface area contributed by atoms with Crippen LogP contribution in [0.5, 0.6) is 0 Å². The van der Waals surface area contributed by atoms with E-state index in [1.54, 1.807) is 23.3 Å². The normalized spacial score (nSPS) is 15.5. The summed E-state index contributed by atoms with van der Waals surface area (Å²) in [5, 5.41) is 3.18. The Morgan fingerprint density at radius 1 is 1.60 bits per heavy atom. The largest absolute Gasteiger partial charge is 0.314 e. The van der Waals surface area contributed by atoms with Gasteiger partial charge in [0.2, 0.25) is 0 Å². The van der Waals surface area contributed by atoms with E-state index in [0.717, 1.165) is 10.8 Å². The molecule has 1 aliphatic heterocycles. The maximum atomic E-state index is 4.31. The van der Waals surface area contributed by atoms with Crippen LogP contribution in [0.1, 0.15) is 6.92 Å². The molecule has 2 rings (SSSR count). The van der Waals surface area contributed by atoms with Crippen LogP contribution in [0.3, 0.4) is 0 Å². The molecule has 0 aliphatic carbocycles. The molecule has 2 nitrogen and oxygen atoms in total. The molecule has 0 unspecified atom stereocenters. The fourth-order valence-corrected chi connectivity index (χ4v) is 2.39.